The summed E-state index contributed by atoms with van der Waals surface area (Å²) in [5.74, 6) is -1.46. The molecule has 21 heavy (non-hydrogen) atoms. The lowest BCUT2D eigenvalue weighted by molar-refractivity contribution is -0.139. The monoisotopic (exact) mass is 287 g/mol. The molecule has 0 aliphatic carbocycles. The van der Waals surface area contributed by atoms with Gasteiger partial charge in [-0.1, -0.05) is 31.5 Å². The van der Waals surface area contributed by atoms with Gasteiger partial charge in [-0.25, -0.2) is 9.48 Å². The molecule has 1 aromatic carbocycles. The Morgan fingerprint density at radius 1 is 1.33 bits per heavy atom. The Balaban J connectivity index is 2.10. The molecular formula is C15H17N3O3. The van der Waals surface area contributed by atoms with Gasteiger partial charge in [-0.05, 0) is 18.6 Å². The van der Waals surface area contributed by atoms with Gasteiger partial charge in [0, 0.05) is 6.20 Å². The van der Waals surface area contributed by atoms with Crippen molar-refractivity contribution in [2.45, 2.75) is 25.8 Å². The number of amides is 1. The molecule has 110 valence electrons. The van der Waals surface area contributed by atoms with Crippen molar-refractivity contribution in [2.75, 3.05) is 0 Å². The van der Waals surface area contributed by atoms with Crippen molar-refractivity contribution >= 4 is 11.9 Å². The van der Waals surface area contributed by atoms with Gasteiger partial charge in [0.05, 0.1) is 17.4 Å². The van der Waals surface area contributed by atoms with E-state index >= 15 is 0 Å². The van der Waals surface area contributed by atoms with Crippen LogP contribution in [0.25, 0.3) is 5.69 Å². The summed E-state index contributed by atoms with van der Waals surface area (Å²) in [6, 6.07) is 8.50. The Hall–Kier alpha value is -2.63. The minimum Gasteiger partial charge on any atom is -0.480 e. The standard InChI is InChI=1S/C15H17N3O3/c1-2-6-13(15(20)21)17-14(19)11-9-16-18(10-11)12-7-4-3-5-8-12/h3-5,7-10,13H,2,6H2,1H3,(H,17,19)(H,20,21)/t13-/m0/s1. The fourth-order valence-electron chi connectivity index (χ4n) is 1.95. The van der Waals surface area contributed by atoms with Gasteiger partial charge in [0.25, 0.3) is 5.91 Å². The third kappa shape index (κ3) is 3.68. The molecule has 0 bridgehead atoms. The van der Waals surface area contributed by atoms with E-state index in [0.717, 1.165) is 5.69 Å². The van der Waals surface area contributed by atoms with E-state index in [1.54, 1.807) is 10.9 Å². The van der Waals surface area contributed by atoms with E-state index in [4.69, 9.17) is 5.11 Å². The number of hydrogen-bond donors (Lipinski definition) is 2. The van der Waals surface area contributed by atoms with Gasteiger partial charge in [0.15, 0.2) is 0 Å². The lowest BCUT2D eigenvalue weighted by Crippen LogP contribution is -2.40. The number of carboxylic acids is 1. The van der Waals surface area contributed by atoms with Crippen LogP contribution < -0.4 is 5.32 Å². The lowest BCUT2D eigenvalue weighted by Gasteiger charge is -2.12. The first-order valence-electron chi connectivity index (χ1n) is 6.75. The number of aliphatic carboxylic acids is 1. The van der Waals surface area contributed by atoms with Crippen LogP contribution in [0.3, 0.4) is 0 Å². The molecule has 1 amide bonds. The van der Waals surface area contributed by atoms with Crippen molar-refractivity contribution in [1.82, 2.24) is 15.1 Å². The quantitative estimate of drug-likeness (QED) is 0.849. The Kier molecular flexibility index (Phi) is 4.71. The molecule has 0 spiro atoms. The van der Waals surface area contributed by atoms with Crippen LogP contribution in [0.1, 0.15) is 30.1 Å². The smallest absolute Gasteiger partial charge is 0.326 e. The molecule has 0 unspecified atom stereocenters. The molecular weight excluding hydrogens is 270 g/mol. The number of hydrogen-bond acceptors (Lipinski definition) is 3. The molecule has 2 N–H and O–H groups in total. The SMILES string of the molecule is CCC[C@H](NC(=O)c1cnn(-c2ccccc2)c1)C(=O)O. The summed E-state index contributed by atoms with van der Waals surface area (Å²) >= 11 is 0. The van der Waals surface area contributed by atoms with Gasteiger partial charge in [-0.2, -0.15) is 5.10 Å². The molecule has 0 fully saturated rings. The van der Waals surface area contributed by atoms with E-state index in [0.29, 0.717) is 18.4 Å². The Morgan fingerprint density at radius 2 is 2.05 bits per heavy atom. The first-order valence-corrected chi connectivity index (χ1v) is 6.75. The zero-order valence-corrected chi connectivity index (χ0v) is 11.7. The summed E-state index contributed by atoms with van der Waals surface area (Å²) in [5, 5.41) is 15.7. The molecule has 0 aliphatic heterocycles. The zero-order valence-electron chi connectivity index (χ0n) is 11.7. The highest BCUT2D eigenvalue weighted by molar-refractivity contribution is 5.96. The van der Waals surface area contributed by atoms with Crippen LogP contribution in [-0.2, 0) is 4.79 Å². The van der Waals surface area contributed by atoms with Crippen LogP contribution in [0.2, 0.25) is 0 Å². The molecule has 0 aliphatic rings. The second kappa shape index (κ2) is 6.69. The van der Waals surface area contributed by atoms with E-state index in [9.17, 15) is 9.59 Å². The molecule has 1 atom stereocenters. The fourth-order valence-corrected chi connectivity index (χ4v) is 1.95. The second-order valence-electron chi connectivity index (χ2n) is 4.66. The summed E-state index contributed by atoms with van der Waals surface area (Å²) in [4.78, 5) is 23.1. The van der Waals surface area contributed by atoms with Gasteiger partial charge in [-0.15, -0.1) is 0 Å². The minimum atomic E-state index is -1.03. The van der Waals surface area contributed by atoms with Crippen LogP contribution in [0.5, 0.6) is 0 Å². The Bertz CT molecular complexity index is 622. The van der Waals surface area contributed by atoms with Crippen LogP contribution in [0, 0.1) is 0 Å². The third-order valence-electron chi connectivity index (χ3n) is 3.05. The topological polar surface area (TPSA) is 84.2 Å². The van der Waals surface area contributed by atoms with Crippen molar-refractivity contribution in [2.24, 2.45) is 0 Å². The molecule has 2 rings (SSSR count). The number of carbonyl (C=O) groups excluding carboxylic acids is 1. The van der Waals surface area contributed by atoms with Gasteiger partial charge < -0.3 is 10.4 Å². The number of para-hydroxylation sites is 1. The number of nitrogens with one attached hydrogen (secondary N) is 1. The lowest BCUT2D eigenvalue weighted by atomic mass is 10.1. The summed E-state index contributed by atoms with van der Waals surface area (Å²) < 4.78 is 1.57. The third-order valence-corrected chi connectivity index (χ3v) is 3.05. The Morgan fingerprint density at radius 3 is 2.67 bits per heavy atom. The highest BCUT2D eigenvalue weighted by atomic mass is 16.4. The van der Waals surface area contributed by atoms with Crippen LogP contribution in [0.4, 0.5) is 0 Å². The summed E-state index contributed by atoms with van der Waals surface area (Å²) in [6.45, 7) is 1.87. The predicted octanol–water partition coefficient (Wildman–Crippen LogP) is 1.86. The van der Waals surface area contributed by atoms with Crippen LogP contribution in [0.15, 0.2) is 42.7 Å². The van der Waals surface area contributed by atoms with Crippen molar-refractivity contribution in [3.8, 4) is 5.69 Å². The average Bonchev–Trinajstić information content (AvgIpc) is 2.97. The fraction of sp³-hybridized carbons (Fsp3) is 0.267. The number of benzene rings is 1. The van der Waals surface area contributed by atoms with E-state index in [-0.39, 0.29) is 0 Å². The Labute approximate surface area is 122 Å². The minimum absolute atomic E-state index is 0.334. The molecule has 6 nitrogen and oxygen atoms in total. The molecule has 0 radical (unpaired) electrons. The van der Waals surface area contributed by atoms with Crippen molar-refractivity contribution in [1.29, 1.82) is 0 Å². The number of carboxylic acid groups (broad SMARTS) is 1. The van der Waals surface area contributed by atoms with Crippen molar-refractivity contribution in [3.63, 3.8) is 0 Å². The maximum Gasteiger partial charge on any atom is 0.326 e. The first kappa shape index (κ1) is 14.8. The van der Waals surface area contributed by atoms with Gasteiger partial charge in [0.1, 0.15) is 6.04 Å². The summed E-state index contributed by atoms with van der Waals surface area (Å²) in [6.07, 6.45) is 4.08. The van der Waals surface area contributed by atoms with E-state index in [1.165, 1.54) is 6.20 Å². The average molecular weight is 287 g/mol. The summed E-state index contributed by atoms with van der Waals surface area (Å²) in [7, 11) is 0. The molecule has 1 aromatic heterocycles. The molecule has 0 saturated heterocycles. The van der Waals surface area contributed by atoms with Crippen LogP contribution >= 0.6 is 0 Å². The van der Waals surface area contributed by atoms with Gasteiger partial charge in [0.2, 0.25) is 0 Å². The second-order valence-corrected chi connectivity index (χ2v) is 4.66. The van der Waals surface area contributed by atoms with Gasteiger partial charge in [-0.3, -0.25) is 4.79 Å². The number of aromatic nitrogens is 2. The zero-order chi connectivity index (χ0) is 15.2. The maximum atomic E-state index is 12.1. The first-order chi connectivity index (χ1) is 10.1. The normalized spacial score (nSPS) is 11.9. The number of nitrogens with zero attached hydrogens (tertiary/aromatic N) is 2. The number of carbonyl (C=O) groups is 2. The summed E-state index contributed by atoms with van der Waals surface area (Å²) in [5.41, 5.74) is 1.17. The highest BCUT2D eigenvalue weighted by Gasteiger charge is 2.20. The number of rotatable bonds is 6. The van der Waals surface area contributed by atoms with Crippen molar-refractivity contribution in [3.05, 3.63) is 48.3 Å². The molecule has 1 heterocycles. The largest absolute Gasteiger partial charge is 0.480 e. The maximum absolute atomic E-state index is 12.1. The predicted molar refractivity (Wildman–Crippen MR) is 77.4 cm³/mol. The van der Waals surface area contributed by atoms with E-state index in [2.05, 4.69) is 10.4 Å². The van der Waals surface area contributed by atoms with E-state index in [1.807, 2.05) is 37.3 Å². The molecule has 6 heteroatoms. The van der Waals surface area contributed by atoms with Crippen LogP contribution in [-0.4, -0.2) is 32.8 Å². The van der Waals surface area contributed by atoms with E-state index < -0.39 is 17.9 Å². The highest BCUT2D eigenvalue weighted by Crippen LogP contribution is 2.08. The molecule has 2 aromatic rings. The van der Waals surface area contributed by atoms with Crippen molar-refractivity contribution < 1.29 is 14.7 Å². The molecule has 0 saturated carbocycles. The van der Waals surface area contributed by atoms with Gasteiger partial charge >= 0.3 is 5.97 Å².